The Hall–Kier alpha value is -2.48. The number of hydrogen-bond donors (Lipinski definition) is 0. The fourth-order valence-electron chi connectivity index (χ4n) is 2.76. The Morgan fingerprint density at radius 2 is 1.87 bits per heavy atom. The number of fused-ring (bicyclic) bond motifs is 2. The molecule has 0 spiro atoms. The highest BCUT2D eigenvalue weighted by Gasteiger charge is 2.22. The summed E-state index contributed by atoms with van der Waals surface area (Å²) in [7, 11) is 1.94. The number of benzene rings is 3. The Morgan fingerprint density at radius 3 is 2.78 bits per heavy atom. The normalized spacial score (nSPS) is 13.1. The number of halogens is 1. The van der Waals surface area contributed by atoms with Gasteiger partial charge in [0.15, 0.2) is 0 Å². The van der Waals surface area contributed by atoms with E-state index >= 15 is 0 Å². The molecule has 1 aliphatic rings. The molecule has 1 heterocycles. The van der Waals surface area contributed by atoms with Crippen LogP contribution in [-0.2, 0) is 0 Å². The maximum Gasteiger partial charge on any atom is 0.125 e. The summed E-state index contributed by atoms with van der Waals surface area (Å²) in [6.07, 6.45) is 2.00. The van der Waals surface area contributed by atoms with Crippen molar-refractivity contribution in [2.75, 3.05) is 11.9 Å². The Bertz CT molecular complexity index is 965. The van der Waals surface area contributed by atoms with Gasteiger partial charge in [-0.15, -0.1) is 0 Å². The standard InChI is InChI=1S/C20H14FNS/c1-22-18-13-16(21)10-11-19(18)23-20(22)12-9-15-7-4-6-14-5-2-3-8-17(14)15/h2-11,13H,1H3. The third-order valence-corrected chi connectivity index (χ3v) is 5.12. The highest BCUT2D eigenvalue weighted by Crippen LogP contribution is 2.44. The second kappa shape index (κ2) is 5.62. The number of nitrogens with zero attached hydrogens (tertiary/aromatic N) is 1. The maximum atomic E-state index is 13.4. The van der Waals surface area contributed by atoms with Gasteiger partial charge in [-0.1, -0.05) is 60.0 Å². The van der Waals surface area contributed by atoms with Gasteiger partial charge in [0, 0.05) is 11.9 Å². The van der Waals surface area contributed by atoms with Gasteiger partial charge >= 0.3 is 0 Å². The van der Waals surface area contributed by atoms with E-state index in [0.717, 1.165) is 21.2 Å². The van der Waals surface area contributed by atoms with Crippen LogP contribution in [0.25, 0.3) is 16.8 Å². The summed E-state index contributed by atoms with van der Waals surface area (Å²) < 4.78 is 13.4. The van der Waals surface area contributed by atoms with Crippen molar-refractivity contribution in [3.05, 3.63) is 82.8 Å². The van der Waals surface area contributed by atoms with Crippen molar-refractivity contribution >= 4 is 34.3 Å². The lowest BCUT2D eigenvalue weighted by Gasteiger charge is -2.11. The Kier molecular flexibility index (Phi) is 3.45. The van der Waals surface area contributed by atoms with Crippen molar-refractivity contribution in [3.63, 3.8) is 0 Å². The van der Waals surface area contributed by atoms with Crippen molar-refractivity contribution in [1.29, 1.82) is 0 Å². The minimum atomic E-state index is -0.213. The van der Waals surface area contributed by atoms with Crippen molar-refractivity contribution in [1.82, 2.24) is 0 Å². The first-order valence-electron chi connectivity index (χ1n) is 7.38. The third kappa shape index (κ3) is 2.55. The van der Waals surface area contributed by atoms with Gasteiger partial charge in [-0.2, -0.15) is 0 Å². The molecule has 3 heteroatoms. The molecule has 4 rings (SSSR count). The fourth-order valence-corrected chi connectivity index (χ4v) is 3.76. The minimum Gasteiger partial charge on any atom is -0.332 e. The first kappa shape index (κ1) is 14.1. The molecule has 0 fully saturated rings. The maximum absolute atomic E-state index is 13.4. The summed E-state index contributed by atoms with van der Waals surface area (Å²) in [4.78, 5) is 3.03. The molecule has 3 aromatic rings. The first-order chi connectivity index (χ1) is 11.2. The summed E-state index contributed by atoms with van der Waals surface area (Å²) in [5.74, 6) is -0.213. The van der Waals surface area contributed by atoms with E-state index in [0.29, 0.717) is 0 Å². The van der Waals surface area contributed by atoms with Gasteiger partial charge in [0.05, 0.1) is 5.69 Å². The van der Waals surface area contributed by atoms with E-state index in [1.807, 2.05) is 36.2 Å². The molecule has 0 radical (unpaired) electrons. The van der Waals surface area contributed by atoms with Crippen LogP contribution in [0.2, 0.25) is 0 Å². The van der Waals surface area contributed by atoms with Crippen LogP contribution in [0.15, 0.2) is 76.3 Å². The summed E-state index contributed by atoms with van der Waals surface area (Å²) in [5, 5.41) is 3.39. The smallest absolute Gasteiger partial charge is 0.125 e. The molecular weight excluding hydrogens is 305 g/mol. The number of anilines is 1. The van der Waals surface area contributed by atoms with Crippen LogP contribution < -0.4 is 4.90 Å². The van der Waals surface area contributed by atoms with Crippen LogP contribution in [-0.4, -0.2) is 7.05 Å². The zero-order valence-electron chi connectivity index (χ0n) is 12.6. The molecule has 1 nitrogen and oxygen atoms in total. The van der Waals surface area contributed by atoms with Gasteiger partial charge in [0.2, 0.25) is 0 Å². The van der Waals surface area contributed by atoms with Crippen molar-refractivity contribution in [2.45, 2.75) is 4.90 Å². The molecule has 0 aromatic heterocycles. The van der Waals surface area contributed by atoms with Crippen molar-refractivity contribution < 1.29 is 4.39 Å². The van der Waals surface area contributed by atoms with Gasteiger partial charge < -0.3 is 4.90 Å². The second-order valence-corrected chi connectivity index (χ2v) is 6.47. The van der Waals surface area contributed by atoms with Gasteiger partial charge in [0.25, 0.3) is 0 Å². The van der Waals surface area contributed by atoms with E-state index < -0.39 is 0 Å². The number of hydrogen-bond acceptors (Lipinski definition) is 2. The van der Waals surface area contributed by atoms with E-state index in [2.05, 4.69) is 36.1 Å². The molecule has 1 aliphatic heterocycles. The molecule has 0 unspecified atom stereocenters. The topological polar surface area (TPSA) is 3.24 Å². The molecule has 0 N–H and O–H groups in total. The van der Waals surface area contributed by atoms with Crippen LogP contribution in [0.3, 0.4) is 0 Å². The zero-order chi connectivity index (χ0) is 15.8. The Morgan fingerprint density at radius 1 is 1.04 bits per heavy atom. The van der Waals surface area contributed by atoms with E-state index in [9.17, 15) is 4.39 Å². The number of rotatable bonds is 1. The van der Waals surface area contributed by atoms with E-state index in [-0.39, 0.29) is 5.82 Å². The quantitative estimate of drug-likeness (QED) is 0.531. The zero-order valence-corrected chi connectivity index (χ0v) is 13.4. The molecule has 23 heavy (non-hydrogen) atoms. The van der Waals surface area contributed by atoms with Gasteiger partial charge in [-0.25, -0.2) is 4.39 Å². The lowest BCUT2D eigenvalue weighted by atomic mass is 10.0. The second-order valence-electron chi connectivity index (χ2n) is 5.44. The lowest BCUT2D eigenvalue weighted by molar-refractivity contribution is 0.627. The Labute approximate surface area is 138 Å². The van der Waals surface area contributed by atoms with Crippen LogP contribution in [0.4, 0.5) is 10.1 Å². The van der Waals surface area contributed by atoms with Gasteiger partial charge in [-0.3, -0.25) is 0 Å². The molecule has 112 valence electrons. The predicted molar refractivity (Wildman–Crippen MR) is 96.1 cm³/mol. The Balaban J connectivity index is 1.77. The molecular formula is C20H14FNS. The van der Waals surface area contributed by atoms with E-state index in [1.165, 1.54) is 16.8 Å². The van der Waals surface area contributed by atoms with Crippen LogP contribution in [0, 0.1) is 5.82 Å². The van der Waals surface area contributed by atoms with Gasteiger partial charge in [-0.05, 0) is 40.6 Å². The monoisotopic (exact) mass is 319 g/mol. The molecule has 3 aromatic carbocycles. The minimum absolute atomic E-state index is 0.213. The SMILES string of the molecule is CN1C(=C=Cc2cccc3ccccc23)Sc2ccc(F)cc21. The van der Waals surface area contributed by atoms with E-state index in [4.69, 9.17) is 0 Å². The summed E-state index contributed by atoms with van der Waals surface area (Å²) in [5.41, 5.74) is 5.39. The molecule has 0 saturated heterocycles. The van der Waals surface area contributed by atoms with E-state index in [1.54, 1.807) is 17.8 Å². The largest absolute Gasteiger partial charge is 0.332 e. The first-order valence-corrected chi connectivity index (χ1v) is 8.19. The van der Waals surface area contributed by atoms with Crippen molar-refractivity contribution in [2.24, 2.45) is 0 Å². The highest BCUT2D eigenvalue weighted by molar-refractivity contribution is 8.03. The van der Waals surface area contributed by atoms with Crippen LogP contribution in [0.5, 0.6) is 0 Å². The molecule has 0 saturated carbocycles. The average molecular weight is 319 g/mol. The lowest BCUT2D eigenvalue weighted by Crippen LogP contribution is -2.08. The molecule has 0 amide bonds. The summed E-state index contributed by atoms with van der Waals surface area (Å²) >= 11 is 1.61. The molecule has 0 aliphatic carbocycles. The highest BCUT2D eigenvalue weighted by atomic mass is 32.2. The summed E-state index contributed by atoms with van der Waals surface area (Å²) in [6, 6.07) is 19.4. The molecule has 0 bridgehead atoms. The third-order valence-electron chi connectivity index (χ3n) is 3.97. The summed E-state index contributed by atoms with van der Waals surface area (Å²) in [6.45, 7) is 0. The van der Waals surface area contributed by atoms with Gasteiger partial charge in [0.1, 0.15) is 10.8 Å². The van der Waals surface area contributed by atoms with Crippen LogP contribution >= 0.6 is 11.8 Å². The number of thioether (sulfide) groups is 1. The predicted octanol–water partition coefficient (Wildman–Crippen LogP) is 5.67. The van der Waals surface area contributed by atoms with Crippen molar-refractivity contribution in [3.8, 4) is 0 Å². The average Bonchev–Trinajstić information content (AvgIpc) is 2.89. The fraction of sp³-hybridized carbons (Fsp3) is 0.0500. The van der Waals surface area contributed by atoms with Crippen LogP contribution in [0.1, 0.15) is 5.56 Å². The molecule has 0 atom stereocenters.